The lowest BCUT2D eigenvalue weighted by atomic mass is 9.99. The van der Waals surface area contributed by atoms with Gasteiger partial charge in [-0.3, -0.25) is 4.79 Å². The Bertz CT molecular complexity index is 189. The second-order valence-corrected chi connectivity index (χ2v) is 2.64. The van der Waals surface area contributed by atoms with Crippen LogP contribution in [-0.4, -0.2) is 5.78 Å². The lowest BCUT2D eigenvalue weighted by Gasteiger charge is -2.04. The molecule has 10 heavy (non-hydrogen) atoms. The van der Waals surface area contributed by atoms with E-state index in [9.17, 15) is 4.79 Å². The van der Waals surface area contributed by atoms with E-state index in [1.807, 2.05) is 6.08 Å². The van der Waals surface area contributed by atoms with E-state index in [1.54, 1.807) is 6.08 Å². The summed E-state index contributed by atoms with van der Waals surface area (Å²) >= 11 is 0. The quantitative estimate of drug-likeness (QED) is 0.531. The molecule has 0 aliphatic heterocycles. The van der Waals surface area contributed by atoms with Gasteiger partial charge in [-0.2, -0.15) is 0 Å². The van der Waals surface area contributed by atoms with Crippen LogP contribution in [0.4, 0.5) is 0 Å². The van der Waals surface area contributed by atoms with E-state index in [4.69, 9.17) is 0 Å². The van der Waals surface area contributed by atoms with Crippen molar-refractivity contribution in [2.45, 2.75) is 19.8 Å². The minimum Gasteiger partial charge on any atom is -0.290 e. The molecule has 0 fully saturated rings. The molecule has 1 heteroatoms. The maximum atomic E-state index is 10.9. The summed E-state index contributed by atoms with van der Waals surface area (Å²) in [7, 11) is 0. The van der Waals surface area contributed by atoms with Crippen LogP contribution in [0.3, 0.4) is 0 Å². The minimum absolute atomic E-state index is 0.110. The predicted octanol–water partition coefficient (Wildman–Crippen LogP) is 2.10. The fourth-order valence-corrected chi connectivity index (χ4v) is 1.19. The molecule has 0 aromatic rings. The monoisotopic (exact) mass is 136 g/mol. The van der Waals surface area contributed by atoms with E-state index in [0.29, 0.717) is 5.92 Å². The number of rotatable bonds is 2. The number of hydrogen-bond donors (Lipinski definition) is 0. The Morgan fingerprint density at radius 3 is 2.80 bits per heavy atom. The molecule has 0 amide bonds. The minimum atomic E-state index is 0.110. The molecule has 1 aliphatic carbocycles. The summed E-state index contributed by atoms with van der Waals surface area (Å²) in [6.07, 6.45) is 5.75. The van der Waals surface area contributed by atoms with Crippen molar-refractivity contribution < 1.29 is 4.79 Å². The highest BCUT2D eigenvalue weighted by molar-refractivity contribution is 6.06. The average Bonchev–Trinajstić information content (AvgIpc) is 2.20. The van der Waals surface area contributed by atoms with E-state index in [0.717, 1.165) is 18.4 Å². The molecular formula is C9H12O. The Morgan fingerprint density at radius 2 is 2.40 bits per heavy atom. The van der Waals surface area contributed by atoms with E-state index >= 15 is 0 Å². The molecule has 1 atom stereocenters. The van der Waals surface area contributed by atoms with Gasteiger partial charge in [0, 0.05) is 5.92 Å². The zero-order chi connectivity index (χ0) is 7.56. The topological polar surface area (TPSA) is 17.1 Å². The molecule has 1 nitrogen and oxygen atoms in total. The summed E-state index contributed by atoms with van der Waals surface area (Å²) in [6.45, 7) is 5.84. The number of allylic oxidation sites excluding steroid dienone is 3. The fourth-order valence-electron chi connectivity index (χ4n) is 1.19. The third-order valence-corrected chi connectivity index (χ3v) is 1.84. The molecule has 0 aromatic heterocycles. The van der Waals surface area contributed by atoms with Gasteiger partial charge >= 0.3 is 0 Å². The van der Waals surface area contributed by atoms with Gasteiger partial charge < -0.3 is 0 Å². The maximum absolute atomic E-state index is 10.9. The third-order valence-electron chi connectivity index (χ3n) is 1.84. The molecule has 0 aromatic carbocycles. The van der Waals surface area contributed by atoms with Crippen molar-refractivity contribution in [2.75, 3.05) is 0 Å². The average molecular weight is 136 g/mol. The first kappa shape index (κ1) is 7.26. The van der Waals surface area contributed by atoms with Crippen LogP contribution in [0, 0.1) is 5.92 Å². The molecule has 0 N–H and O–H groups in total. The summed E-state index contributed by atoms with van der Waals surface area (Å²) in [4.78, 5) is 10.9. The molecule has 0 radical (unpaired) electrons. The number of hydrogen-bond acceptors (Lipinski definition) is 1. The van der Waals surface area contributed by atoms with Crippen molar-refractivity contribution in [1.29, 1.82) is 0 Å². The zero-order valence-corrected chi connectivity index (χ0v) is 6.26. The first-order chi connectivity index (χ1) is 4.75. The molecule has 54 valence electrons. The van der Waals surface area contributed by atoms with Crippen LogP contribution in [0.15, 0.2) is 24.3 Å². The smallest absolute Gasteiger partial charge is 0.181 e. The lowest BCUT2D eigenvalue weighted by Crippen LogP contribution is -1.99. The second-order valence-electron chi connectivity index (χ2n) is 2.64. The second kappa shape index (κ2) is 2.82. The molecule has 0 spiro atoms. The van der Waals surface area contributed by atoms with Gasteiger partial charge in [0.2, 0.25) is 0 Å². The molecule has 1 unspecified atom stereocenters. The van der Waals surface area contributed by atoms with Gasteiger partial charge in [-0.25, -0.2) is 0 Å². The van der Waals surface area contributed by atoms with Crippen molar-refractivity contribution in [2.24, 2.45) is 5.92 Å². The Labute approximate surface area is 61.4 Å². The van der Waals surface area contributed by atoms with E-state index < -0.39 is 0 Å². The highest BCUT2D eigenvalue weighted by atomic mass is 16.1. The summed E-state index contributed by atoms with van der Waals surface area (Å²) < 4.78 is 0. The SMILES string of the molecule is C=C1C(=O)C=CC1CCC. The highest BCUT2D eigenvalue weighted by Crippen LogP contribution is 2.23. The first-order valence-electron chi connectivity index (χ1n) is 3.67. The van der Waals surface area contributed by atoms with Crippen LogP contribution in [0.2, 0.25) is 0 Å². The third kappa shape index (κ3) is 1.18. The number of carbonyl (C=O) groups excluding carboxylic acids is 1. The molecule has 1 aliphatic rings. The van der Waals surface area contributed by atoms with Crippen LogP contribution < -0.4 is 0 Å². The summed E-state index contributed by atoms with van der Waals surface area (Å²) in [6, 6.07) is 0. The van der Waals surface area contributed by atoms with Crippen LogP contribution >= 0.6 is 0 Å². The zero-order valence-electron chi connectivity index (χ0n) is 6.26. The van der Waals surface area contributed by atoms with E-state index in [-0.39, 0.29) is 5.78 Å². The summed E-state index contributed by atoms with van der Waals surface area (Å²) in [5.74, 6) is 0.441. The maximum Gasteiger partial charge on any atom is 0.181 e. The Kier molecular flexibility index (Phi) is 2.05. The van der Waals surface area contributed by atoms with Gasteiger partial charge in [0.25, 0.3) is 0 Å². The van der Waals surface area contributed by atoms with Gasteiger partial charge in [0.15, 0.2) is 5.78 Å². The lowest BCUT2D eigenvalue weighted by molar-refractivity contribution is -0.111. The molecular weight excluding hydrogens is 124 g/mol. The van der Waals surface area contributed by atoms with Crippen molar-refractivity contribution in [3.05, 3.63) is 24.3 Å². The highest BCUT2D eigenvalue weighted by Gasteiger charge is 2.19. The Hall–Kier alpha value is -0.850. The van der Waals surface area contributed by atoms with Crippen LogP contribution in [0.5, 0.6) is 0 Å². The van der Waals surface area contributed by atoms with Gasteiger partial charge in [-0.05, 0) is 18.1 Å². The van der Waals surface area contributed by atoms with E-state index in [1.165, 1.54) is 0 Å². The van der Waals surface area contributed by atoms with Gasteiger partial charge in [-0.15, -0.1) is 0 Å². The molecule has 0 heterocycles. The van der Waals surface area contributed by atoms with Crippen LogP contribution in [0.1, 0.15) is 19.8 Å². The van der Waals surface area contributed by atoms with Gasteiger partial charge in [-0.1, -0.05) is 26.0 Å². The van der Waals surface area contributed by atoms with Crippen LogP contribution in [0.25, 0.3) is 0 Å². The standard InChI is InChI=1S/C9H12O/c1-3-4-8-5-6-9(10)7(8)2/h5-6,8H,2-4H2,1H3. The largest absolute Gasteiger partial charge is 0.290 e. The van der Waals surface area contributed by atoms with Crippen molar-refractivity contribution in [3.8, 4) is 0 Å². The first-order valence-corrected chi connectivity index (χ1v) is 3.67. The molecule has 0 bridgehead atoms. The summed E-state index contributed by atoms with van der Waals surface area (Å²) in [5.41, 5.74) is 0.766. The Morgan fingerprint density at radius 1 is 1.70 bits per heavy atom. The Balaban J connectivity index is 2.58. The van der Waals surface area contributed by atoms with Crippen molar-refractivity contribution >= 4 is 5.78 Å². The number of ketones is 1. The normalized spacial score (nSPS) is 24.3. The molecule has 0 saturated carbocycles. The van der Waals surface area contributed by atoms with Crippen molar-refractivity contribution in [1.82, 2.24) is 0 Å². The predicted molar refractivity (Wildman–Crippen MR) is 41.7 cm³/mol. The van der Waals surface area contributed by atoms with E-state index in [2.05, 4.69) is 13.5 Å². The van der Waals surface area contributed by atoms with Gasteiger partial charge in [0.05, 0.1) is 0 Å². The molecule has 1 rings (SSSR count). The van der Waals surface area contributed by atoms with Crippen LogP contribution in [-0.2, 0) is 4.79 Å². The fraction of sp³-hybridized carbons (Fsp3) is 0.444. The van der Waals surface area contributed by atoms with Crippen molar-refractivity contribution in [3.63, 3.8) is 0 Å². The summed E-state index contributed by atoms with van der Waals surface area (Å²) in [5, 5.41) is 0. The number of carbonyl (C=O) groups is 1. The van der Waals surface area contributed by atoms with Gasteiger partial charge in [0.1, 0.15) is 0 Å². The molecule has 0 saturated heterocycles.